The second-order valence-corrected chi connectivity index (χ2v) is 5.09. The highest BCUT2D eigenvalue weighted by Crippen LogP contribution is 2.34. The molecule has 1 saturated heterocycles. The molecule has 1 aliphatic heterocycles. The molecule has 16 heavy (non-hydrogen) atoms. The molecule has 0 aromatic rings. The smallest absolute Gasteiger partial charge is 0.314 e. The van der Waals surface area contributed by atoms with Gasteiger partial charge in [-0.3, -0.25) is 4.79 Å². The third-order valence-electron chi connectivity index (χ3n) is 2.86. The molecule has 1 atom stereocenters. The molecule has 4 heteroatoms. The van der Waals surface area contributed by atoms with Crippen LogP contribution in [-0.2, 0) is 19.0 Å². The quantitative estimate of drug-likeness (QED) is 0.697. The lowest BCUT2D eigenvalue weighted by Crippen LogP contribution is -2.49. The van der Waals surface area contributed by atoms with Gasteiger partial charge in [0.1, 0.15) is 0 Å². The van der Waals surface area contributed by atoms with E-state index in [9.17, 15) is 4.79 Å². The molecular weight excluding hydrogens is 208 g/mol. The first-order valence-electron chi connectivity index (χ1n) is 5.78. The minimum Gasteiger partial charge on any atom is -0.466 e. The summed E-state index contributed by atoms with van der Waals surface area (Å²) in [6, 6.07) is 0. The van der Waals surface area contributed by atoms with Crippen LogP contribution in [0.3, 0.4) is 0 Å². The molecule has 0 aliphatic carbocycles. The Kier molecular flexibility index (Phi) is 3.97. The van der Waals surface area contributed by atoms with Crippen LogP contribution in [0.5, 0.6) is 0 Å². The lowest BCUT2D eigenvalue weighted by molar-refractivity contribution is -0.290. The van der Waals surface area contributed by atoms with E-state index in [-0.39, 0.29) is 12.1 Å². The van der Waals surface area contributed by atoms with Gasteiger partial charge in [-0.2, -0.15) is 0 Å². The molecule has 0 bridgehead atoms. The second kappa shape index (κ2) is 4.72. The third-order valence-corrected chi connectivity index (χ3v) is 2.86. The standard InChI is InChI=1S/C12H22O4/c1-6-14-10(13)11(2,3)9-7-8-15-12(4,5)16-9/h9H,6-8H2,1-5H3. The monoisotopic (exact) mass is 230 g/mol. The largest absolute Gasteiger partial charge is 0.466 e. The fourth-order valence-electron chi connectivity index (χ4n) is 1.80. The van der Waals surface area contributed by atoms with Gasteiger partial charge in [0.05, 0.1) is 24.7 Å². The maximum Gasteiger partial charge on any atom is 0.314 e. The van der Waals surface area contributed by atoms with Crippen molar-refractivity contribution in [2.45, 2.75) is 52.9 Å². The highest BCUT2D eigenvalue weighted by atomic mass is 16.7. The van der Waals surface area contributed by atoms with Gasteiger partial charge in [-0.05, 0) is 41.0 Å². The summed E-state index contributed by atoms with van der Waals surface area (Å²) in [7, 11) is 0. The van der Waals surface area contributed by atoms with E-state index in [2.05, 4.69) is 0 Å². The number of carbonyl (C=O) groups is 1. The van der Waals surface area contributed by atoms with E-state index in [0.717, 1.165) is 6.42 Å². The van der Waals surface area contributed by atoms with Gasteiger partial charge in [-0.15, -0.1) is 0 Å². The first-order chi connectivity index (χ1) is 7.29. The van der Waals surface area contributed by atoms with Crippen molar-refractivity contribution in [1.82, 2.24) is 0 Å². The maximum atomic E-state index is 11.8. The molecular formula is C12H22O4. The van der Waals surface area contributed by atoms with Crippen LogP contribution >= 0.6 is 0 Å². The Morgan fingerprint density at radius 2 is 2.12 bits per heavy atom. The topological polar surface area (TPSA) is 44.8 Å². The van der Waals surface area contributed by atoms with Crippen LogP contribution in [0.4, 0.5) is 0 Å². The van der Waals surface area contributed by atoms with E-state index in [1.807, 2.05) is 34.6 Å². The Morgan fingerprint density at radius 3 is 2.62 bits per heavy atom. The molecule has 0 aromatic carbocycles. The molecule has 0 saturated carbocycles. The van der Waals surface area contributed by atoms with Crippen molar-refractivity contribution in [3.05, 3.63) is 0 Å². The average molecular weight is 230 g/mol. The Balaban J connectivity index is 2.71. The molecule has 0 spiro atoms. The molecule has 1 heterocycles. The zero-order chi connectivity index (χ0) is 12.4. The summed E-state index contributed by atoms with van der Waals surface area (Å²) in [6.45, 7) is 10.3. The van der Waals surface area contributed by atoms with Gasteiger partial charge in [0, 0.05) is 0 Å². The average Bonchev–Trinajstić information content (AvgIpc) is 2.16. The van der Waals surface area contributed by atoms with Gasteiger partial charge in [0.15, 0.2) is 5.79 Å². The van der Waals surface area contributed by atoms with Gasteiger partial charge in [-0.1, -0.05) is 0 Å². The van der Waals surface area contributed by atoms with Crippen molar-refractivity contribution in [3.8, 4) is 0 Å². The molecule has 1 unspecified atom stereocenters. The zero-order valence-corrected chi connectivity index (χ0v) is 10.8. The van der Waals surface area contributed by atoms with Crippen LogP contribution in [0.1, 0.15) is 41.0 Å². The summed E-state index contributed by atoms with van der Waals surface area (Å²) in [4.78, 5) is 11.8. The van der Waals surface area contributed by atoms with Crippen LogP contribution in [0.25, 0.3) is 0 Å². The minimum absolute atomic E-state index is 0.157. The normalized spacial score (nSPS) is 25.2. The number of hydrogen-bond acceptors (Lipinski definition) is 4. The Bertz CT molecular complexity index is 258. The predicted octanol–water partition coefficient (Wildman–Crippen LogP) is 2.12. The van der Waals surface area contributed by atoms with Gasteiger partial charge in [0.25, 0.3) is 0 Å². The summed E-state index contributed by atoms with van der Waals surface area (Å²) < 4.78 is 16.3. The highest BCUT2D eigenvalue weighted by molar-refractivity contribution is 5.76. The molecule has 1 rings (SSSR count). The van der Waals surface area contributed by atoms with Gasteiger partial charge in [0.2, 0.25) is 0 Å². The van der Waals surface area contributed by atoms with Crippen molar-refractivity contribution in [3.63, 3.8) is 0 Å². The van der Waals surface area contributed by atoms with Crippen LogP contribution in [0, 0.1) is 5.41 Å². The molecule has 0 radical (unpaired) electrons. The molecule has 1 aliphatic rings. The van der Waals surface area contributed by atoms with E-state index >= 15 is 0 Å². The molecule has 0 aromatic heterocycles. The number of carbonyl (C=O) groups excluding carboxylic acids is 1. The lowest BCUT2D eigenvalue weighted by atomic mass is 9.84. The minimum atomic E-state index is -0.628. The molecule has 0 N–H and O–H groups in total. The van der Waals surface area contributed by atoms with E-state index in [1.165, 1.54) is 0 Å². The first-order valence-corrected chi connectivity index (χ1v) is 5.78. The van der Waals surface area contributed by atoms with Crippen molar-refractivity contribution >= 4 is 5.97 Å². The van der Waals surface area contributed by atoms with E-state index in [0.29, 0.717) is 13.2 Å². The molecule has 1 fully saturated rings. The summed E-state index contributed by atoms with van der Waals surface area (Å²) in [5.74, 6) is -0.829. The first kappa shape index (κ1) is 13.5. The van der Waals surface area contributed by atoms with Gasteiger partial charge < -0.3 is 14.2 Å². The number of esters is 1. The van der Waals surface area contributed by atoms with E-state index < -0.39 is 11.2 Å². The number of rotatable bonds is 3. The Hall–Kier alpha value is -0.610. The van der Waals surface area contributed by atoms with Crippen molar-refractivity contribution in [2.75, 3.05) is 13.2 Å². The number of ether oxygens (including phenoxy) is 3. The van der Waals surface area contributed by atoms with Crippen molar-refractivity contribution < 1.29 is 19.0 Å². The van der Waals surface area contributed by atoms with E-state index in [4.69, 9.17) is 14.2 Å². The fraction of sp³-hybridized carbons (Fsp3) is 0.917. The third kappa shape index (κ3) is 2.95. The van der Waals surface area contributed by atoms with Crippen molar-refractivity contribution in [1.29, 1.82) is 0 Å². The summed E-state index contributed by atoms with van der Waals surface area (Å²) in [6.07, 6.45) is 0.560. The van der Waals surface area contributed by atoms with Crippen LogP contribution in [-0.4, -0.2) is 31.1 Å². The van der Waals surface area contributed by atoms with Crippen LogP contribution < -0.4 is 0 Å². The molecule has 4 nitrogen and oxygen atoms in total. The molecule has 0 amide bonds. The predicted molar refractivity (Wildman–Crippen MR) is 59.9 cm³/mol. The summed E-state index contributed by atoms with van der Waals surface area (Å²) in [5.41, 5.74) is -0.628. The van der Waals surface area contributed by atoms with Crippen molar-refractivity contribution in [2.24, 2.45) is 5.41 Å². The Labute approximate surface area is 97.2 Å². The Morgan fingerprint density at radius 1 is 1.50 bits per heavy atom. The van der Waals surface area contributed by atoms with Crippen LogP contribution in [0.15, 0.2) is 0 Å². The zero-order valence-electron chi connectivity index (χ0n) is 10.8. The van der Waals surface area contributed by atoms with E-state index in [1.54, 1.807) is 0 Å². The molecule has 94 valence electrons. The SMILES string of the molecule is CCOC(=O)C(C)(C)C1CCOC(C)(C)O1. The maximum absolute atomic E-state index is 11.8. The van der Waals surface area contributed by atoms with Gasteiger partial charge in [-0.25, -0.2) is 0 Å². The second-order valence-electron chi connectivity index (χ2n) is 5.09. The summed E-state index contributed by atoms with van der Waals surface area (Å²) >= 11 is 0. The highest BCUT2D eigenvalue weighted by Gasteiger charge is 2.44. The summed E-state index contributed by atoms with van der Waals surface area (Å²) in [5, 5.41) is 0. The lowest BCUT2D eigenvalue weighted by Gasteiger charge is -2.42. The number of hydrogen-bond donors (Lipinski definition) is 0. The fourth-order valence-corrected chi connectivity index (χ4v) is 1.80. The van der Waals surface area contributed by atoms with Crippen LogP contribution in [0.2, 0.25) is 0 Å². The van der Waals surface area contributed by atoms with Gasteiger partial charge >= 0.3 is 5.97 Å².